The van der Waals surface area contributed by atoms with E-state index in [1.807, 2.05) is 17.0 Å². The Kier molecular flexibility index (Phi) is 6.43. The van der Waals surface area contributed by atoms with E-state index in [-0.39, 0.29) is 17.8 Å². The Bertz CT molecular complexity index is 724. The zero-order valence-electron chi connectivity index (χ0n) is 15.2. The van der Waals surface area contributed by atoms with E-state index in [1.54, 1.807) is 11.3 Å². The molecule has 2 aromatic rings. The first-order valence-corrected chi connectivity index (χ1v) is 10.1. The summed E-state index contributed by atoms with van der Waals surface area (Å²) in [6, 6.07) is 10.9. The number of thiophene rings is 1. The summed E-state index contributed by atoms with van der Waals surface area (Å²) in [6.07, 6.45) is 4.84. The summed E-state index contributed by atoms with van der Waals surface area (Å²) in [7, 11) is 0. The molecule has 140 valence electrons. The van der Waals surface area contributed by atoms with Crippen molar-refractivity contribution in [1.82, 2.24) is 4.90 Å². The molecule has 1 aromatic carbocycles. The van der Waals surface area contributed by atoms with Crippen molar-refractivity contribution in [2.24, 2.45) is 5.92 Å². The SMILES string of the molecule is Cc1ccc(C(Cc2ccc(F)cc2)N2CCCC2=O)s1.OCC1CC1. The number of aryl methyl sites for hydroxylation is 1. The van der Waals surface area contributed by atoms with Gasteiger partial charge in [-0.25, -0.2) is 4.39 Å². The van der Waals surface area contributed by atoms with Crippen molar-refractivity contribution in [3.8, 4) is 0 Å². The summed E-state index contributed by atoms with van der Waals surface area (Å²) in [5, 5.41) is 8.21. The fourth-order valence-electron chi connectivity index (χ4n) is 3.14. The number of carbonyl (C=O) groups is 1. The molecular formula is C21H26FNO2S. The van der Waals surface area contributed by atoms with Crippen LogP contribution in [0.4, 0.5) is 4.39 Å². The van der Waals surface area contributed by atoms with Gasteiger partial charge in [0.15, 0.2) is 0 Å². The standard InChI is InChI=1S/C17H18FNOS.C4H8O/c1-12-4-9-16(21-12)15(19-10-2-3-17(19)20)11-13-5-7-14(18)8-6-13;5-3-4-1-2-4/h4-9,15H,2-3,10-11H2,1H3;4-5H,1-3H2. The monoisotopic (exact) mass is 375 g/mol. The van der Waals surface area contributed by atoms with Crippen LogP contribution in [-0.2, 0) is 11.2 Å². The largest absolute Gasteiger partial charge is 0.396 e. The van der Waals surface area contributed by atoms with Gasteiger partial charge in [-0.15, -0.1) is 11.3 Å². The third-order valence-electron chi connectivity index (χ3n) is 4.87. The Morgan fingerprint density at radius 1 is 1.23 bits per heavy atom. The van der Waals surface area contributed by atoms with E-state index in [0.717, 1.165) is 24.9 Å². The summed E-state index contributed by atoms with van der Waals surface area (Å²) in [4.78, 5) is 16.6. The zero-order valence-corrected chi connectivity index (χ0v) is 16.0. The second-order valence-corrected chi connectivity index (χ2v) is 8.43. The highest BCUT2D eigenvalue weighted by Gasteiger charge is 2.30. The molecule has 1 amide bonds. The lowest BCUT2D eigenvalue weighted by atomic mass is 10.0. The van der Waals surface area contributed by atoms with E-state index in [9.17, 15) is 9.18 Å². The van der Waals surface area contributed by atoms with E-state index >= 15 is 0 Å². The van der Waals surface area contributed by atoms with E-state index < -0.39 is 0 Å². The van der Waals surface area contributed by atoms with Gasteiger partial charge in [0, 0.05) is 29.3 Å². The van der Waals surface area contributed by atoms with Crippen LogP contribution >= 0.6 is 11.3 Å². The van der Waals surface area contributed by atoms with Crippen molar-refractivity contribution in [3.63, 3.8) is 0 Å². The molecule has 2 heterocycles. The molecule has 1 aromatic heterocycles. The van der Waals surface area contributed by atoms with Gasteiger partial charge in [0.25, 0.3) is 0 Å². The van der Waals surface area contributed by atoms with Crippen molar-refractivity contribution < 1.29 is 14.3 Å². The number of likely N-dealkylation sites (tertiary alicyclic amines) is 1. The predicted molar refractivity (Wildman–Crippen MR) is 103 cm³/mol. The molecule has 3 nitrogen and oxygen atoms in total. The summed E-state index contributed by atoms with van der Waals surface area (Å²) in [5.41, 5.74) is 1.06. The molecule has 1 unspecified atom stereocenters. The van der Waals surface area contributed by atoms with Crippen LogP contribution in [0.5, 0.6) is 0 Å². The molecule has 1 N–H and O–H groups in total. The van der Waals surface area contributed by atoms with Crippen molar-refractivity contribution >= 4 is 17.2 Å². The molecule has 0 spiro atoms. The first-order valence-electron chi connectivity index (χ1n) is 9.28. The first kappa shape index (κ1) is 19.1. The van der Waals surface area contributed by atoms with Crippen LogP contribution in [-0.4, -0.2) is 29.1 Å². The molecule has 1 saturated carbocycles. The molecule has 5 heteroatoms. The van der Waals surface area contributed by atoms with Gasteiger partial charge in [-0.05, 0) is 68.4 Å². The van der Waals surface area contributed by atoms with Crippen molar-refractivity contribution in [2.45, 2.75) is 45.1 Å². The Hall–Kier alpha value is -1.72. The fourth-order valence-corrected chi connectivity index (χ4v) is 4.13. The molecule has 1 saturated heterocycles. The van der Waals surface area contributed by atoms with Crippen LogP contribution in [0.2, 0.25) is 0 Å². The summed E-state index contributed by atoms with van der Waals surface area (Å²) < 4.78 is 13.1. The number of carbonyl (C=O) groups excluding carboxylic acids is 1. The third kappa shape index (κ3) is 5.15. The van der Waals surface area contributed by atoms with Crippen LogP contribution < -0.4 is 0 Å². The van der Waals surface area contributed by atoms with E-state index in [1.165, 1.54) is 34.7 Å². The average molecular weight is 376 g/mol. The number of halogens is 1. The van der Waals surface area contributed by atoms with E-state index in [2.05, 4.69) is 19.1 Å². The van der Waals surface area contributed by atoms with Gasteiger partial charge in [0.1, 0.15) is 5.82 Å². The van der Waals surface area contributed by atoms with Gasteiger partial charge >= 0.3 is 0 Å². The number of hydrogen-bond acceptors (Lipinski definition) is 3. The lowest BCUT2D eigenvalue weighted by molar-refractivity contribution is -0.129. The van der Waals surface area contributed by atoms with Crippen LogP contribution in [0.25, 0.3) is 0 Å². The first-order chi connectivity index (χ1) is 12.6. The molecular weight excluding hydrogens is 349 g/mol. The van der Waals surface area contributed by atoms with Crippen LogP contribution in [0.1, 0.15) is 47.0 Å². The Morgan fingerprint density at radius 3 is 2.42 bits per heavy atom. The number of nitrogens with zero attached hydrogens (tertiary/aromatic N) is 1. The fraction of sp³-hybridized carbons (Fsp3) is 0.476. The number of aliphatic hydroxyl groups is 1. The number of rotatable bonds is 5. The second-order valence-electron chi connectivity index (χ2n) is 7.11. The summed E-state index contributed by atoms with van der Waals surface area (Å²) >= 11 is 1.74. The van der Waals surface area contributed by atoms with E-state index in [4.69, 9.17) is 5.11 Å². The molecule has 0 bridgehead atoms. The third-order valence-corrected chi connectivity index (χ3v) is 5.98. The number of hydrogen-bond donors (Lipinski definition) is 1. The quantitative estimate of drug-likeness (QED) is 0.836. The second kappa shape index (κ2) is 8.78. The highest BCUT2D eigenvalue weighted by Crippen LogP contribution is 2.33. The average Bonchev–Trinajstić information content (AvgIpc) is 3.25. The van der Waals surface area contributed by atoms with Gasteiger partial charge < -0.3 is 10.0 Å². The molecule has 0 radical (unpaired) electrons. The summed E-state index contributed by atoms with van der Waals surface area (Å²) in [6.45, 7) is 3.32. The maximum absolute atomic E-state index is 13.1. The molecule has 2 fully saturated rings. The maximum Gasteiger partial charge on any atom is 0.223 e. The smallest absolute Gasteiger partial charge is 0.223 e. The highest BCUT2D eigenvalue weighted by molar-refractivity contribution is 7.12. The normalized spacial score (nSPS) is 17.8. The van der Waals surface area contributed by atoms with Gasteiger partial charge in [-0.3, -0.25) is 4.79 Å². The topological polar surface area (TPSA) is 40.5 Å². The van der Waals surface area contributed by atoms with Gasteiger partial charge in [0.05, 0.1) is 6.04 Å². The molecule has 2 aliphatic rings. The minimum atomic E-state index is -0.223. The Morgan fingerprint density at radius 2 is 1.96 bits per heavy atom. The van der Waals surface area contributed by atoms with Crippen LogP contribution in [0.15, 0.2) is 36.4 Å². The van der Waals surface area contributed by atoms with E-state index in [0.29, 0.717) is 18.9 Å². The van der Waals surface area contributed by atoms with Gasteiger partial charge in [-0.1, -0.05) is 12.1 Å². The molecule has 26 heavy (non-hydrogen) atoms. The maximum atomic E-state index is 13.1. The zero-order chi connectivity index (χ0) is 18.5. The Labute approximate surface area is 158 Å². The number of benzene rings is 1. The highest BCUT2D eigenvalue weighted by atomic mass is 32.1. The van der Waals surface area contributed by atoms with Crippen molar-refractivity contribution in [1.29, 1.82) is 0 Å². The summed E-state index contributed by atoms with van der Waals surface area (Å²) in [5.74, 6) is 0.697. The molecule has 4 rings (SSSR count). The minimum Gasteiger partial charge on any atom is -0.396 e. The lowest BCUT2D eigenvalue weighted by Crippen LogP contribution is -2.30. The minimum absolute atomic E-state index is 0.0733. The van der Waals surface area contributed by atoms with Crippen LogP contribution in [0, 0.1) is 18.7 Å². The van der Waals surface area contributed by atoms with Gasteiger partial charge in [0.2, 0.25) is 5.91 Å². The predicted octanol–water partition coefficient (Wildman–Crippen LogP) is 4.49. The lowest BCUT2D eigenvalue weighted by Gasteiger charge is -2.27. The van der Waals surface area contributed by atoms with Crippen molar-refractivity contribution in [3.05, 3.63) is 57.5 Å². The molecule has 1 aliphatic carbocycles. The number of aliphatic hydroxyl groups excluding tert-OH is 1. The van der Waals surface area contributed by atoms with Crippen LogP contribution in [0.3, 0.4) is 0 Å². The molecule has 1 aliphatic heterocycles. The Balaban J connectivity index is 0.000000339. The molecule has 1 atom stereocenters. The van der Waals surface area contributed by atoms with Gasteiger partial charge in [-0.2, -0.15) is 0 Å². The van der Waals surface area contributed by atoms with Crippen molar-refractivity contribution in [2.75, 3.05) is 13.2 Å². The number of amides is 1.